The summed E-state index contributed by atoms with van der Waals surface area (Å²) in [6, 6.07) is 7.52. The lowest BCUT2D eigenvalue weighted by atomic mass is 9.81. The lowest BCUT2D eigenvalue weighted by Gasteiger charge is -2.35. The Hall–Kier alpha value is -0.870. The van der Waals surface area contributed by atoms with Gasteiger partial charge < -0.3 is 5.73 Å². The number of rotatable bonds is 2. The van der Waals surface area contributed by atoms with Crippen LogP contribution in [0, 0.1) is 0 Å². The number of sulfone groups is 1. The van der Waals surface area contributed by atoms with Gasteiger partial charge in [-0.3, -0.25) is 0 Å². The molecule has 0 saturated carbocycles. The Morgan fingerprint density at radius 1 is 1.22 bits per heavy atom. The molecule has 0 heterocycles. The van der Waals surface area contributed by atoms with Crippen LogP contribution in [0.2, 0.25) is 0 Å². The van der Waals surface area contributed by atoms with Crippen molar-refractivity contribution in [3.8, 4) is 0 Å². The predicted molar refractivity (Wildman–Crippen MR) is 74.2 cm³/mol. The molecule has 1 aliphatic carbocycles. The van der Waals surface area contributed by atoms with Crippen LogP contribution in [0.5, 0.6) is 0 Å². The second kappa shape index (κ2) is 4.67. The maximum atomic E-state index is 12.4. The van der Waals surface area contributed by atoms with E-state index in [0.29, 0.717) is 6.42 Å². The lowest BCUT2D eigenvalue weighted by molar-refractivity contribution is 0.483. The first-order valence-corrected chi connectivity index (χ1v) is 8.03. The zero-order valence-corrected chi connectivity index (χ0v) is 11.9. The van der Waals surface area contributed by atoms with E-state index in [1.807, 2.05) is 18.2 Å². The molecule has 3 atom stereocenters. The Kier molecular flexibility index (Phi) is 3.52. The molecule has 0 fully saturated rings. The van der Waals surface area contributed by atoms with Crippen LogP contribution in [0.1, 0.15) is 50.3 Å². The van der Waals surface area contributed by atoms with Crippen molar-refractivity contribution in [1.29, 1.82) is 0 Å². The first-order chi connectivity index (χ1) is 8.35. The van der Waals surface area contributed by atoms with Crippen molar-refractivity contribution in [3.63, 3.8) is 0 Å². The van der Waals surface area contributed by atoms with E-state index >= 15 is 0 Å². The van der Waals surface area contributed by atoms with Crippen molar-refractivity contribution in [2.75, 3.05) is 0 Å². The molecule has 0 radical (unpaired) electrons. The van der Waals surface area contributed by atoms with Crippen molar-refractivity contribution in [3.05, 3.63) is 35.4 Å². The highest BCUT2D eigenvalue weighted by molar-refractivity contribution is 7.92. The van der Waals surface area contributed by atoms with Gasteiger partial charge in [-0.1, -0.05) is 31.2 Å². The zero-order chi connectivity index (χ0) is 13.5. The van der Waals surface area contributed by atoms with Gasteiger partial charge in [-0.2, -0.15) is 0 Å². The van der Waals surface area contributed by atoms with Gasteiger partial charge in [-0.25, -0.2) is 8.42 Å². The van der Waals surface area contributed by atoms with Crippen LogP contribution in [0.15, 0.2) is 24.3 Å². The molecule has 1 aliphatic rings. The average Bonchev–Trinajstić information content (AvgIpc) is 2.33. The first kappa shape index (κ1) is 13.6. The highest BCUT2D eigenvalue weighted by atomic mass is 32.2. The Bertz CT molecular complexity index is 536. The van der Waals surface area contributed by atoms with Crippen molar-refractivity contribution in [2.45, 2.75) is 49.7 Å². The second-order valence-corrected chi connectivity index (χ2v) is 8.19. The summed E-state index contributed by atoms with van der Waals surface area (Å²) in [4.78, 5) is 0. The van der Waals surface area contributed by atoms with E-state index in [0.717, 1.165) is 5.56 Å². The molecular formula is C14H21NO2S. The quantitative estimate of drug-likeness (QED) is 0.895. The van der Waals surface area contributed by atoms with Crippen LogP contribution in [0.4, 0.5) is 0 Å². The van der Waals surface area contributed by atoms with E-state index in [4.69, 9.17) is 5.73 Å². The van der Waals surface area contributed by atoms with Gasteiger partial charge in [0.2, 0.25) is 0 Å². The van der Waals surface area contributed by atoms with Crippen LogP contribution in [0.25, 0.3) is 0 Å². The normalized spacial score (nSPS) is 28.2. The van der Waals surface area contributed by atoms with E-state index < -0.39 is 21.1 Å². The minimum Gasteiger partial charge on any atom is -0.323 e. The summed E-state index contributed by atoms with van der Waals surface area (Å²) in [6.07, 6.45) is 0.624. The van der Waals surface area contributed by atoms with E-state index in [2.05, 4.69) is 13.0 Å². The monoisotopic (exact) mass is 267 g/mol. The molecule has 1 aromatic carbocycles. The number of nitrogens with two attached hydrogens (primary N) is 1. The number of benzene rings is 1. The molecule has 0 aliphatic heterocycles. The average molecular weight is 267 g/mol. The van der Waals surface area contributed by atoms with Crippen molar-refractivity contribution in [1.82, 2.24) is 0 Å². The molecule has 3 unspecified atom stereocenters. The largest absolute Gasteiger partial charge is 0.323 e. The standard InChI is InChI=1S/C14H21NO2S/c1-9(2)18(16,17)13-8-10(3)11-6-4-5-7-12(11)14(13)15/h4-7,9-10,13-14H,8,15H2,1-3H3. The van der Waals surface area contributed by atoms with Crippen LogP contribution >= 0.6 is 0 Å². The van der Waals surface area contributed by atoms with E-state index in [1.165, 1.54) is 5.56 Å². The molecular weight excluding hydrogens is 246 g/mol. The summed E-state index contributed by atoms with van der Waals surface area (Å²) in [7, 11) is -3.15. The Morgan fingerprint density at radius 2 is 1.78 bits per heavy atom. The Labute approximate surface area is 109 Å². The fraction of sp³-hybridized carbons (Fsp3) is 0.571. The lowest BCUT2D eigenvalue weighted by Crippen LogP contribution is -2.41. The molecule has 2 rings (SSSR count). The Morgan fingerprint density at radius 3 is 2.33 bits per heavy atom. The SMILES string of the molecule is CC1CC(S(=O)(=O)C(C)C)C(N)c2ccccc21. The highest BCUT2D eigenvalue weighted by Crippen LogP contribution is 2.40. The first-order valence-electron chi connectivity index (χ1n) is 6.42. The molecule has 100 valence electrons. The maximum absolute atomic E-state index is 12.4. The highest BCUT2D eigenvalue weighted by Gasteiger charge is 2.40. The molecule has 0 aromatic heterocycles. The maximum Gasteiger partial charge on any atom is 0.157 e. The molecule has 0 bridgehead atoms. The van der Waals surface area contributed by atoms with Gasteiger partial charge in [0.05, 0.1) is 10.5 Å². The fourth-order valence-corrected chi connectivity index (χ4v) is 4.59. The molecule has 0 amide bonds. The summed E-state index contributed by atoms with van der Waals surface area (Å²) in [5, 5.41) is -0.826. The molecule has 2 N–H and O–H groups in total. The third-order valence-electron chi connectivity index (χ3n) is 3.95. The van der Waals surface area contributed by atoms with Crippen molar-refractivity contribution < 1.29 is 8.42 Å². The van der Waals surface area contributed by atoms with Crippen LogP contribution in [0.3, 0.4) is 0 Å². The molecule has 3 nitrogen and oxygen atoms in total. The molecule has 1 aromatic rings. The topological polar surface area (TPSA) is 60.2 Å². The molecule has 0 saturated heterocycles. The van der Waals surface area contributed by atoms with Crippen LogP contribution in [-0.2, 0) is 9.84 Å². The molecule has 4 heteroatoms. The summed E-state index contributed by atoms with van der Waals surface area (Å²) >= 11 is 0. The molecule has 0 spiro atoms. The van der Waals surface area contributed by atoms with E-state index in [-0.39, 0.29) is 11.2 Å². The minimum absolute atomic E-state index is 0.250. The second-order valence-electron chi connectivity index (χ2n) is 5.47. The van der Waals surface area contributed by atoms with Crippen LogP contribution in [-0.4, -0.2) is 18.9 Å². The predicted octanol–water partition coefficient (Wildman–Crippen LogP) is 2.39. The number of hydrogen-bond donors (Lipinski definition) is 1. The third-order valence-corrected chi connectivity index (χ3v) is 6.60. The van der Waals surface area contributed by atoms with Crippen molar-refractivity contribution in [2.24, 2.45) is 5.73 Å². The van der Waals surface area contributed by atoms with Crippen LogP contribution < -0.4 is 5.73 Å². The van der Waals surface area contributed by atoms with Gasteiger partial charge in [0.15, 0.2) is 9.84 Å². The molecule has 18 heavy (non-hydrogen) atoms. The van der Waals surface area contributed by atoms with Crippen molar-refractivity contribution >= 4 is 9.84 Å². The summed E-state index contributed by atoms with van der Waals surface area (Å²) in [5.41, 5.74) is 8.38. The summed E-state index contributed by atoms with van der Waals surface area (Å²) in [5.74, 6) is 0.250. The van der Waals surface area contributed by atoms with E-state index in [1.54, 1.807) is 13.8 Å². The minimum atomic E-state index is -3.15. The Balaban J connectivity index is 2.47. The van der Waals surface area contributed by atoms with Gasteiger partial charge >= 0.3 is 0 Å². The van der Waals surface area contributed by atoms with Gasteiger partial charge in [0.25, 0.3) is 0 Å². The summed E-state index contributed by atoms with van der Waals surface area (Å²) < 4.78 is 24.7. The summed E-state index contributed by atoms with van der Waals surface area (Å²) in [6.45, 7) is 5.54. The number of hydrogen-bond acceptors (Lipinski definition) is 3. The van der Waals surface area contributed by atoms with Gasteiger partial charge in [-0.05, 0) is 37.3 Å². The number of fused-ring (bicyclic) bond motifs is 1. The van der Waals surface area contributed by atoms with Gasteiger partial charge in [0, 0.05) is 6.04 Å². The zero-order valence-electron chi connectivity index (χ0n) is 11.1. The third kappa shape index (κ3) is 2.08. The van der Waals surface area contributed by atoms with Gasteiger partial charge in [0.1, 0.15) is 0 Å². The van der Waals surface area contributed by atoms with E-state index in [9.17, 15) is 8.42 Å². The smallest absolute Gasteiger partial charge is 0.157 e. The fourth-order valence-electron chi connectivity index (χ4n) is 2.77. The van der Waals surface area contributed by atoms with Gasteiger partial charge in [-0.15, -0.1) is 0 Å².